The molecule has 0 aromatic heterocycles. The van der Waals surface area contributed by atoms with Crippen molar-refractivity contribution in [3.05, 3.63) is 23.8 Å². The van der Waals surface area contributed by atoms with E-state index in [9.17, 15) is 9.59 Å². The van der Waals surface area contributed by atoms with Crippen molar-refractivity contribution in [3.8, 4) is 0 Å². The van der Waals surface area contributed by atoms with E-state index in [1.807, 2.05) is 6.08 Å². The van der Waals surface area contributed by atoms with Crippen LogP contribution in [0.25, 0.3) is 0 Å². The smallest absolute Gasteiger partial charge is 0.306 e. The average Bonchev–Trinajstić information content (AvgIpc) is 3.38. The Balaban J connectivity index is 1.51. The summed E-state index contributed by atoms with van der Waals surface area (Å²) >= 11 is 0. The molecule has 1 saturated heterocycles. The SMILES string of the molecule is C=C1CC2C(CC[C@]3(CC)CCCC(=O)O[C@@H]4C[C@@H]4C23)C2CCC(=O)C=C12. The molecule has 1 aliphatic heterocycles. The van der Waals surface area contributed by atoms with Gasteiger partial charge in [0, 0.05) is 18.8 Å². The molecule has 27 heavy (non-hydrogen) atoms. The van der Waals surface area contributed by atoms with Crippen LogP contribution < -0.4 is 0 Å². The standard InChI is InChI=1S/C24H32O3/c1-3-24-9-4-5-22(26)27-21-13-20(21)23(24)19-11-14(2)18-12-15(25)6-7-16(18)17(19)8-10-24/h12,16-17,19-21,23H,2-11,13H2,1H3/t16?,17?,19?,20-,21+,23?,24-/m0/s1. The number of carbonyl (C=O) groups excluding carboxylic acids is 2. The van der Waals surface area contributed by atoms with Crippen LogP contribution in [0.3, 0.4) is 0 Å². The lowest BCUT2D eigenvalue weighted by Crippen LogP contribution is -2.49. The summed E-state index contributed by atoms with van der Waals surface area (Å²) in [6.07, 6.45) is 12.5. The van der Waals surface area contributed by atoms with Crippen LogP contribution in [0.5, 0.6) is 0 Å². The predicted octanol–water partition coefficient (Wildman–Crippen LogP) is 5.01. The molecule has 0 N–H and O–H groups in total. The van der Waals surface area contributed by atoms with Crippen LogP contribution in [0, 0.1) is 35.0 Å². The fraction of sp³-hybridized carbons (Fsp3) is 0.750. The Hall–Kier alpha value is -1.38. The zero-order valence-corrected chi connectivity index (χ0v) is 16.5. The van der Waals surface area contributed by atoms with Crippen LogP contribution in [0.2, 0.25) is 0 Å². The lowest BCUT2D eigenvalue weighted by molar-refractivity contribution is -0.145. The summed E-state index contributed by atoms with van der Waals surface area (Å²) in [5, 5.41) is 0. The van der Waals surface area contributed by atoms with Crippen LogP contribution in [0.1, 0.15) is 71.1 Å². The second-order valence-corrected chi connectivity index (χ2v) is 9.91. The van der Waals surface area contributed by atoms with E-state index >= 15 is 0 Å². The number of carbonyl (C=O) groups is 2. The van der Waals surface area contributed by atoms with E-state index in [1.54, 1.807) is 0 Å². The van der Waals surface area contributed by atoms with Crippen LogP contribution in [-0.4, -0.2) is 17.9 Å². The Bertz CT molecular complexity index is 719. The minimum absolute atomic E-state index is 0.0213. The van der Waals surface area contributed by atoms with Crippen molar-refractivity contribution in [1.82, 2.24) is 0 Å². The van der Waals surface area contributed by atoms with E-state index < -0.39 is 0 Å². The molecule has 0 aromatic carbocycles. The molecule has 1 heterocycles. The van der Waals surface area contributed by atoms with Gasteiger partial charge in [0.1, 0.15) is 6.10 Å². The third-order valence-electron chi connectivity index (χ3n) is 8.80. The summed E-state index contributed by atoms with van der Waals surface area (Å²) in [6, 6.07) is 0. The number of hydrogen-bond acceptors (Lipinski definition) is 3. The summed E-state index contributed by atoms with van der Waals surface area (Å²) < 4.78 is 5.79. The molecular weight excluding hydrogens is 336 g/mol. The Kier molecular flexibility index (Phi) is 4.14. The first-order valence-electron chi connectivity index (χ1n) is 11.1. The van der Waals surface area contributed by atoms with Gasteiger partial charge in [-0.05, 0) is 85.7 Å². The van der Waals surface area contributed by atoms with Crippen molar-refractivity contribution in [3.63, 3.8) is 0 Å². The van der Waals surface area contributed by atoms with Crippen LogP contribution >= 0.6 is 0 Å². The highest BCUT2D eigenvalue weighted by Crippen LogP contribution is 2.65. The van der Waals surface area contributed by atoms with Gasteiger partial charge in [-0.3, -0.25) is 9.59 Å². The molecule has 5 rings (SSSR count). The van der Waals surface area contributed by atoms with Crippen LogP contribution in [0.4, 0.5) is 0 Å². The predicted molar refractivity (Wildman–Crippen MR) is 104 cm³/mol. The molecular formula is C24H32O3. The molecule has 7 atom stereocenters. The highest BCUT2D eigenvalue weighted by atomic mass is 16.5. The number of hydrogen-bond donors (Lipinski definition) is 0. The maximum atomic E-state index is 12.1. The minimum Gasteiger partial charge on any atom is -0.462 e. The van der Waals surface area contributed by atoms with Gasteiger partial charge in [-0.1, -0.05) is 25.5 Å². The number of allylic oxidation sites excluding steroid dienone is 3. The molecule has 3 nitrogen and oxygen atoms in total. The lowest BCUT2D eigenvalue weighted by atomic mass is 9.48. The third kappa shape index (κ3) is 2.76. The van der Waals surface area contributed by atoms with E-state index in [2.05, 4.69) is 13.5 Å². The Labute approximate surface area is 162 Å². The monoisotopic (exact) mass is 368 g/mol. The fourth-order valence-electron chi connectivity index (χ4n) is 7.52. The van der Waals surface area contributed by atoms with E-state index in [4.69, 9.17) is 4.74 Å². The molecule has 0 spiro atoms. The maximum Gasteiger partial charge on any atom is 0.306 e. The molecule has 4 unspecified atom stereocenters. The van der Waals surface area contributed by atoms with E-state index in [0.717, 1.165) is 25.7 Å². The van der Waals surface area contributed by atoms with Crippen molar-refractivity contribution >= 4 is 11.8 Å². The summed E-state index contributed by atoms with van der Waals surface area (Å²) in [7, 11) is 0. The van der Waals surface area contributed by atoms with Crippen LogP contribution in [0.15, 0.2) is 23.8 Å². The minimum atomic E-state index is 0.0213. The van der Waals surface area contributed by atoms with Gasteiger partial charge >= 0.3 is 5.97 Å². The van der Waals surface area contributed by atoms with Gasteiger partial charge in [-0.2, -0.15) is 0 Å². The fourth-order valence-corrected chi connectivity index (χ4v) is 7.52. The molecule has 3 heteroatoms. The summed E-state index contributed by atoms with van der Waals surface area (Å²) in [5.41, 5.74) is 2.87. The number of ether oxygens (including phenoxy) is 1. The molecule has 0 aromatic rings. The molecule has 0 radical (unpaired) electrons. The first kappa shape index (κ1) is 17.7. The van der Waals surface area contributed by atoms with Gasteiger partial charge in [0.25, 0.3) is 0 Å². The normalized spacial score (nSPS) is 46.4. The van der Waals surface area contributed by atoms with Crippen molar-refractivity contribution in [2.75, 3.05) is 0 Å². The Morgan fingerprint density at radius 3 is 2.81 bits per heavy atom. The molecule has 146 valence electrons. The largest absolute Gasteiger partial charge is 0.462 e. The maximum absolute atomic E-state index is 12.1. The molecule has 4 aliphatic carbocycles. The average molecular weight is 369 g/mol. The molecule has 3 saturated carbocycles. The number of rotatable bonds is 1. The Morgan fingerprint density at radius 2 is 2.00 bits per heavy atom. The first-order chi connectivity index (χ1) is 13.0. The first-order valence-corrected chi connectivity index (χ1v) is 11.1. The second kappa shape index (κ2) is 6.32. The van der Waals surface area contributed by atoms with E-state index in [1.165, 1.54) is 36.8 Å². The van der Waals surface area contributed by atoms with Crippen molar-refractivity contribution in [2.45, 2.75) is 77.2 Å². The highest BCUT2D eigenvalue weighted by molar-refractivity contribution is 5.92. The number of fused-ring (bicyclic) bond motifs is 7. The second-order valence-electron chi connectivity index (χ2n) is 9.91. The lowest BCUT2D eigenvalue weighted by Gasteiger charge is -2.56. The zero-order valence-electron chi connectivity index (χ0n) is 16.5. The summed E-state index contributed by atoms with van der Waals surface area (Å²) in [5.74, 6) is 3.42. The van der Waals surface area contributed by atoms with Gasteiger partial charge in [0.15, 0.2) is 5.78 Å². The Morgan fingerprint density at radius 1 is 1.15 bits per heavy atom. The van der Waals surface area contributed by atoms with Crippen molar-refractivity contribution < 1.29 is 14.3 Å². The third-order valence-corrected chi connectivity index (χ3v) is 8.80. The van der Waals surface area contributed by atoms with Crippen LogP contribution in [-0.2, 0) is 14.3 Å². The van der Waals surface area contributed by atoms with Gasteiger partial charge in [-0.25, -0.2) is 0 Å². The quantitative estimate of drug-likeness (QED) is 0.611. The summed E-state index contributed by atoms with van der Waals surface area (Å²) in [4.78, 5) is 24.1. The van der Waals surface area contributed by atoms with Gasteiger partial charge < -0.3 is 4.74 Å². The zero-order chi connectivity index (χ0) is 18.8. The van der Waals surface area contributed by atoms with E-state index in [0.29, 0.717) is 47.8 Å². The number of ketones is 1. The summed E-state index contributed by atoms with van der Waals surface area (Å²) in [6.45, 7) is 6.78. The van der Waals surface area contributed by atoms with Crippen molar-refractivity contribution in [2.24, 2.45) is 35.0 Å². The molecule has 0 amide bonds. The van der Waals surface area contributed by atoms with Crippen molar-refractivity contribution in [1.29, 1.82) is 0 Å². The molecule has 5 aliphatic rings. The topological polar surface area (TPSA) is 43.4 Å². The van der Waals surface area contributed by atoms with Gasteiger partial charge in [-0.15, -0.1) is 0 Å². The number of esters is 1. The molecule has 0 bridgehead atoms. The van der Waals surface area contributed by atoms with Gasteiger partial charge in [0.2, 0.25) is 0 Å². The van der Waals surface area contributed by atoms with Gasteiger partial charge in [0.05, 0.1) is 0 Å². The molecule has 4 fully saturated rings. The van der Waals surface area contributed by atoms with E-state index in [-0.39, 0.29) is 17.9 Å². The highest BCUT2D eigenvalue weighted by Gasteiger charge is 2.60.